The van der Waals surface area contributed by atoms with Gasteiger partial charge in [0.05, 0.1) is 6.54 Å². The summed E-state index contributed by atoms with van der Waals surface area (Å²) >= 11 is 0. The van der Waals surface area contributed by atoms with Crippen molar-refractivity contribution in [3.63, 3.8) is 0 Å². The molecule has 2 aromatic heterocycles. The lowest BCUT2D eigenvalue weighted by Gasteiger charge is -2.12. The molecule has 0 amide bonds. The fraction of sp³-hybridized carbons (Fsp3) is 0.0870. The van der Waals surface area contributed by atoms with Crippen molar-refractivity contribution < 1.29 is 0 Å². The highest BCUT2D eigenvalue weighted by atomic mass is 15.3. The molecule has 0 aliphatic carbocycles. The van der Waals surface area contributed by atoms with E-state index >= 15 is 0 Å². The second kappa shape index (κ2) is 8.19. The Hall–Kier alpha value is -3.91. The molecule has 1 N–H and O–H groups in total. The Labute approximate surface area is 163 Å². The van der Waals surface area contributed by atoms with Crippen LogP contribution in [0.1, 0.15) is 16.8 Å². The maximum Gasteiger partial charge on any atom is 0.142 e. The SMILES string of the molecule is N#Cc1cccc(NCc2ccccc2-c2ccc(Cn3cccn3)cc2)n1. The van der Waals surface area contributed by atoms with Crippen molar-refractivity contribution in [2.75, 3.05) is 5.32 Å². The van der Waals surface area contributed by atoms with Gasteiger partial charge >= 0.3 is 0 Å². The number of nitrogens with zero attached hydrogens (tertiary/aromatic N) is 4. The zero-order chi connectivity index (χ0) is 19.2. The van der Waals surface area contributed by atoms with E-state index < -0.39 is 0 Å². The molecule has 4 aromatic rings. The van der Waals surface area contributed by atoms with Gasteiger partial charge in [0.15, 0.2) is 0 Å². The average molecular weight is 365 g/mol. The van der Waals surface area contributed by atoms with Crippen LogP contribution in [0.5, 0.6) is 0 Å². The molecule has 5 heteroatoms. The highest BCUT2D eigenvalue weighted by Crippen LogP contribution is 2.25. The molecule has 0 radical (unpaired) electrons. The Balaban J connectivity index is 1.51. The van der Waals surface area contributed by atoms with Crippen LogP contribution in [0.15, 0.2) is 85.2 Å². The molecular weight excluding hydrogens is 346 g/mol. The van der Waals surface area contributed by atoms with Crippen molar-refractivity contribution in [2.45, 2.75) is 13.1 Å². The summed E-state index contributed by atoms with van der Waals surface area (Å²) in [5.41, 5.74) is 5.13. The van der Waals surface area contributed by atoms with Gasteiger partial charge in [-0.3, -0.25) is 4.68 Å². The molecule has 0 saturated carbocycles. The molecule has 0 aliphatic rings. The van der Waals surface area contributed by atoms with Gasteiger partial charge < -0.3 is 5.32 Å². The molecule has 0 spiro atoms. The summed E-state index contributed by atoms with van der Waals surface area (Å²) in [5, 5.41) is 16.6. The second-order valence-corrected chi connectivity index (χ2v) is 6.43. The number of pyridine rings is 1. The molecule has 0 atom stereocenters. The molecule has 28 heavy (non-hydrogen) atoms. The number of rotatable bonds is 6. The summed E-state index contributed by atoms with van der Waals surface area (Å²) < 4.78 is 1.91. The molecule has 0 aliphatic heterocycles. The van der Waals surface area contributed by atoms with Crippen LogP contribution in [-0.2, 0) is 13.1 Å². The first-order valence-electron chi connectivity index (χ1n) is 9.07. The third-order valence-corrected chi connectivity index (χ3v) is 4.51. The fourth-order valence-electron chi connectivity index (χ4n) is 3.11. The standard InChI is InChI=1S/C23H19N5/c24-15-21-6-3-8-23(27-21)25-16-20-5-1-2-7-22(20)19-11-9-18(10-12-19)17-28-14-4-13-26-28/h1-14H,16-17H2,(H,25,27). The molecule has 136 valence electrons. The van der Waals surface area contributed by atoms with E-state index in [9.17, 15) is 0 Å². The van der Waals surface area contributed by atoms with Gasteiger partial charge in [0.25, 0.3) is 0 Å². The first kappa shape index (κ1) is 17.5. The Kier molecular flexibility index (Phi) is 5.12. The number of nitriles is 1. The van der Waals surface area contributed by atoms with Crippen molar-refractivity contribution in [1.82, 2.24) is 14.8 Å². The van der Waals surface area contributed by atoms with Crippen molar-refractivity contribution >= 4 is 5.82 Å². The van der Waals surface area contributed by atoms with Crippen molar-refractivity contribution in [2.24, 2.45) is 0 Å². The molecule has 2 heterocycles. The van der Waals surface area contributed by atoms with E-state index in [1.165, 1.54) is 22.3 Å². The molecule has 0 fully saturated rings. The Bertz CT molecular complexity index is 1090. The van der Waals surface area contributed by atoms with Crippen LogP contribution >= 0.6 is 0 Å². The lowest BCUT2D eigenvalue weighted by atomic mass is 9.98. The Morgan fingerprint density at radius 1 is 0.929 bits per heavy atom. The van der Waals surface area contributed by atoms with Gasteiger partial charge in [-0.2, -0.15) is 10.4 Å². The number of hydrogen-bond donors (Lipinski definition) is 1. The van der Waals surface area contributed by atoms with E-state index in [1.807, 2.05) is 41.2 Å². The van der Waals surface area contributed by atoms with Crippen LogP contribution in [0.4, 0.5) is 5.82 Å². The maximum absolute atomic E-state index is 9.00. The summed E-state index contributed by atoms with van der Waals surface area (Å²) in [7, 11) is 0. The fourth-order valence-corrected chi connectivity index (χ4v) is 3.11. The Morgan fingerprint density at radius 2 is 1.79 bits per heavy atom. The van der Waals surface area contributed by atoms with Crippen LogP contribution in [0.2, 0.25) is 0 Å². The van der Waals surface area contributed by atoms with Crippen LogP contribution in [-0.4, -0.2) is 14.8 Å². The number of nitrogens with one attached hydrogen (secondary N) is 1. The molecular formula is C23H19N5. The smallest absolute Gasteiger partial charge is 0.142 e. The predicted molar refractivity (Wildman–Crippen MR) is 109 cm³/mol. The number of hydrogen-bond acceptors (Lipinski definition) is 4. The summed E-state index contributed by atoms with van der Waals surface area (Å²) in [4.78, 5) is 4.28. The summed E-state index contributed by atoms with van der Waals surface area (Å²) in [6.45, 7) is 1.39. The third-order valence-electron chi connectivity index (χ3n) is 4.51. The van der Waals surface area contributed by atoms with Gasteiger partial charge in [0.1, 0.15) is 17.6 Å². The van der Waals surface area contributed by atoms with E-state index in [2.05, 4.69) is 57.9 Å². The van der Waals surface area contributed by atoms with Gasteiger partial charge in [-0.05, 0) is 40.5 Å². The lowest BCUT2D eigenvalue weighted by Crippen LogP contribution is -2.03. The molecule has 0 unspecified atom stereocenters. The second-order valence-electron chi connectivity index (χ2n) is 6.43. The van der Waals surface area contributed by atoms with Gasteiger partial charge in [0.2, 0.25) is 0 Å². The van der Waals surface area contributed by atoms with Crippen LogP contribution < -0.4 is 5.32 Å². The van der Waals surface area contributed by atoms with Crippen LogP contribution in [0.3, 0.4) is 0 Å². The minimum absolute atomic E-state index is 0.408. The molecule has 0 saturated heterocycles. The van der Waals surface area contributed by atoms with E-state index in [0.29, 0.717) is 18.1 Å². The van der Waals surface area contributed by atoms with Crippen molar-refractivity contribution in [3.05, 3.63) is 102 Å². The average Bonchev–Trinajstić information content (AvgIpc) is 3.26. The minimum atomic E-state index is 0.408. The van der Waals surface area contributed by atoms with Crippen molar-refractivity contribution in [3.8, 4) is 17.2 Å². The third kappa shape index (κ3) is 4.08. The van der Waals surface area contributed by atoms with E-state index in [4.69, 9.17) is 5.26 Å². The predicted octanol–water partition coefficient (Wildman–Crippen LogP) is 4.48. The molecule has 2 aromatic carbocycles. The highest BCUT2D eigenvalue weighted by molar-refractivity contribution is 5.68. The quantitative estimate of drug-likeness (QED) is 0.547. The normalized spacial score (nSPS) is 10.4. The van der Waals surface area contributed by atoms with Crippen LogP contribution in [0, 0.1) is 11.3 Å². The first-order chi connectivity index (χ1) is 13.8. The van der Waals surface area contributed by atoms with Crippen molar-refractivity contribution in [1.29, 1.82) is 5.26 Å². The van der Waals surface area contributed by atoms with E-state index in [-0.39, 0.29) is 0 Å². The first-order valence-corrected chi connectivity index (χ1v) is 9.07. The zero-order valence-corrected chi connectivity index (χ0v) is 15.3. The number of anilines is 1. The molecule has 5 nitrogen and oxygen atoms in total. The maximum atomic E-state index is 9.00. The van der Waals surface area contributed by atoms with E-state index in [0.717, 1.165) is 6.54 Å². The minimum Gasteiger partial charge on any atom is -0.366 e. The monoisotopic (exact) mass is 365 g/mol. The topological polar surface area (TPSA) is 66.5 Å². The lowest BCUT2D eigenvalue weighted by molar-refractivity contribution is 0.687. The number of benzene rings is 2. The summed E-state index contributed by atoms with van der Waals surface area (Å²) in [6, 6.07) is 26.3. The van der Waals surface area contributed by atoms with Gasteiger partial charge in [-0.15, -0.1) is 0 Å². The molecule has 4 rings (SSSR count). The van der Waals surface area contributed by atoms with Crippen LogP contribution in [0.25, 0.3) is 11.1 Å². The van der Waals surface area contributed by atoms with Gasteiger partial charge in [-0.25, -0.2) is 4.98 Å². The van der Waals surface area contributed by atoms with Gasteiger partial charge in [-0.1, -0.05) is 54.6 Å². The summed E-state index contributed by atoms with van der Waals surface area (Å²) in [6.07, 6.45) is 3.75. The highest BCUT2D eigenvalue weighted by Gasteiger charge is 2.06. The zero-order valence-electron chi connectivity index (χ0n) is 15.3. The molecule has 0 bridgehead atoms. The number of aromatic nitrogens is 3. The Morgan fingerprint density at radius 3 is 2.57 bits per heavy atom. The summed E-state index contributed by atoms with van der Waals surface area (Å²) in [5.74, 6) is 0.698. The van der Waals surface area contributed by atoms with E-state index in [1.54, 1.807) is 12.3 Å². The largest absolute Gasteiger partial charge is 0.366 e. The van der Waals surface area contributed by atoms with Gasteiger partial charge in [0, 0.05) is 18.9 Å².